The molecule has 0 saturated heterocycles. The van der Waals surface area contributed by atoms with E-state index in [0.29, 0.717) is 27.2 Å². The Morgan fingerprint density at radius 2 is 1.79 bits per heavy atom. The molecular formula is C17H14Cl2N4O. The van der Waals surface area contributed by atoms with E-state index in [1.54, 1.807) is 25.1 Å². The van der Waals surface area contributed by atoms with Gasteiger partial charge in [-0.2, -0.15) is 0 Å². The number of benzene rings is 2. The van der Waals surface area contributed by atoms with Crippen molar-refractivity contribution in [3.8, 4) is 5.69 Å². The highest BCUT2D eigenvalue weighted by molar-refractivity contribution is 6.34. The predicted molar refractivity (Wildman–Crippen MR) is 95.2 cm³/mol. The number of rotatable bonds is 3. The zero-order chi connectivity index (χ0) is 17.3. The Kier molecular flexibility index (Phi) is 4.55. The van der Waals surface area contributed by atoms with Crippen molar-refractivity contribution in [3.63, 3.8) is 0 Å². The zero-order valence-electron chi connectivity index (χ0n) is 13.0. The SMILES string of the molecule is Cc1ccc(NC(=O)c2nc(C)n(-c3cc(Cl)ccc3Cl)n2)cc1. The molecule has 122 valence electrons. The molecule has 0 fully saturated rings. The predicted octanol–water partition coefficient (Wildman–Crippen LogP) is 4.44. The van der Waals surface area contributed by atoms with Gasteiger partial charge < -0.3 is 5.32 Å². The molecular weight excluding hydrogens is 347 g/mol. The van der Waals surface area contributed by atoms with E-state index >= 15 is 0 Å². The first-order chi connectivity index (χ1) is 11.4. The van der Waals surface area contributed by atoms with Crippen molar-refractivity contribution in [1.29, 1.82) is 0 Å². The van der Waals surface area contributed by atoms with Gasteiger partial charge in [-0.15, -0.1) is 5.10 Å². The largest absolute Gasteiger partial charge is 0.319 e. The van der Waals surface area contributed by atoms with Crippen LogP contribution in [0, 0.1) is 13.8 Å². The fourth-order valence-corrected chi connectivity index (χ4v) is 2.55. The molecule has 3 aromatic rings. The quantitative estimate of drug-likeness (QED) is 0.750. The first-order valence-electron chi connectivity index (χ1n) is 7.21. The molecule has 1 amide bonds. The molecule has 24 heavy (non-hydrogen) atoms. The van der Waals surface area contributed by atoms with Gasteiger partial charge in [-0.25, -0.2) is 9.67 Å². The molecule has 0 unspecified atom stereocenters. The van der Waals surface area contributed by atoms with Gasteiger partial charge in [-0.05, 0) is 44.2 Å². The van der Waals surface area contributed by atoms with E-state index in [4.69, 9.17) is 23.2 Å². The average molecular weight is 361 g/mol. The van der Waals surface area contributed by atoms with Crippen molar-refractivity contribution < 1.29 is 4.79 Å². The molecule has 0 spiro atoms. The standard InChI is InChI=1S/C17H14Cl2N4O/c1-10-3-6-13(7-4-10)21-17(24)16-20-11(2)23(22-16)15-9-12(18)5-8-14(15)19/h3-9H,1-2H3,(H,21,24). The van der Waals surface area contributed by atoms with E-state index in [0.717, 1.165) is 5.56 Å². The number of aryl methyl sites for hydroxylation is 2. The lowest BCUT2D eigenvalue weighted by atomic mass is 10.2. The average Bonchev–Trinajstić information content (AvgIpc) is 2.94. The van der Waals surface area contributed by atoms with E-state index in [1.165, 1.54) is 4.68 Å². The number of aromatic nitrogens is 3. The molecule has 1 aromatic heterocycles. The normalized spacial score (nSPS) is 10.7. The smallest absolute Gasteiger partial charge is 0.295 e. The first kappa shape index (κ1) is 16.5. The minimum atomic E-state index is -0.390. The van der Waals surface area contributed by atoms with Gasteiger partial charge in [-0.1, -0.05) is 40.9 Å². The van der Waals surface area contributed by atoms with E-state index < -0.39 is 0 Å². The van der Waals surface area contributed by atoms with Crippen LogP contribution in [0.4, 0.5) is 5.69 Å². The monoisotopic (exact) mass is 360 g/mol. The van der Waals surface area contributed by atoms with Crippen LogP contribution in [0.5, 0.6) is 0 Å². The van der Waals surface area contributed by atoms with Gasteiger partial charge in [0.2, 0.25) is 5.82 Å². The van der Waals surface area contributed by atoms with Gasteiger partial charge in [0.15, 0.2) is 0 Å². The molecule has 0 aliphatic carbocycles. The Morgan fingerprint density at radius 3 is 2.50 bits per heavy atom. The molecule has 0 atom stereocenters. The molecule has 7 heteroatoms. The lowest BCUT2D eigenvalue weighted by Gasteiger charge is -2.05. The number of hydrogen-bond donors (Lipinski definition) is 1. The highest BCUT2D eigenvalue weighted by atomic mass is 35.5. The van der Waals surface area contributed by atoms with Crippen LogP contribution in [-0.4, -0.2) is 20.7 Å². The van der Waals surface area contributed by atoms with Crippen molar-refractivity contribution in [1.82, 2.24) is 14.8 Å². The molecule has 2 aromatic carbocycles. The fourth-order valence-electron chi connectivity index (χ4n) is 2.19. The van der Waals surface area contributed by atoms with Crippen LogP contribution < -0.4 is 5.32 Å². The molecule has 0 bridgehead atoms. The number of amides is 1. The lowest BCUT2D eigenvalue weighted by molar-refractivity contribution is 0.101. The van der Waals surface area contributed by atoms with Crippen molar-refractivity contribution in [3.05, 3.63) is 69.7 Å². The maximum Gasteiger partial charge on any atom is 0.295 e. The first-order valence-corrected chi connectivity index (χ1v) is 7.97. The summed E-state index contributed by atoms with van der Waals surface area (Å²) in [6.45, 7) is 3.72. The number of hydrogen-bond acceptors (Lipinski definition) is 3. The molecule has 1 heterocycles. The minimum Gasteiger partial charge on any atom is -0.319 e. The van der Waals surface area contributed by atoms with Crippen LogP contribution in [0.2, 0.25) is 10.0 Å². The zero-order valence-corrected chi connectivity index (χ0v) is 14.6. The third kappa shape index (κ3) is 3.42. The van der Waals surface area contributed by atoms with Gasteiger partial charge in [0.1, 0.15) is 5.82 Å². The molecule has 0 aliphatic rings. The number of anilines is 1. The Morgan fingerprint density at radius 1 is 1.08 bits per heavy atom. The number of carbonyl (C=O) groups is 1. The third-order valence-corrected chi connectivity index (χ3v) is 3.97. The molecule has 3 rings (SSSR count). The van der Waals surface area contributed by atoms with Crippen LogP contribution in [0.3, 0.4) is 0 Å². The summed E-state index contributed by atoms with van der Waals surface area (Å²) in [7, 11) is 0. The van der Waals surface area contributed by atoms with Crippen molar-refractivity contribution >= 4 is 34.8 Å². The summed E-state index contributed by atoms with van der Waals surface area (Å²) in [5.74, 6) is 0.205. The Bertz CT molecular complexity index is 903. The highest BCUT2D eigenvalue weighted by Gasteiger charge is 2.17. The summed E-state index contributed by atoms with van der Waals surface area (Å²) < 4.78 is 1.50. The van der Waals surface area contributed by atoms with Crippen LogP contribution in [-0.2, 0) is 0 Å². The van der Waals surface area contributed by atoms with E-state index in [2.05, 4.69) is 15.4 Å². The molecule has 0 radical (unpaired) electrons. The van der Waals surface area contributed by atoms with Crippen molar-refractivity contribution in [2.45, 2.75) is 13.8 Å². The fraction of sp³-hybridized carbons (Fsp3) is 0.118. The van der Waals surface area contributed by atoms with Gasteiger partial charge in [0.05, 0.1) is 10.7 Å². The maximum absolute atomic E-state index is 12.3. The third-order valence-electron chi connectivity index (χ3n) is 3.42. The van der Waals surface area contributed by atoms with Gasteiger partial charge in [0.25, 0.3) is 5.91 Å². The van der Waals surface area contributed by atoms with Crippen LogP contribution in [0.15, 0.2) is 42.5 Å². The highest BCUT2D eigenvalue weighted by Crippen LogP contribution is 2.24. The number of nitrogens with one attached hydrogen (secondary N) is 1. The minimum absolute atomic E-state index is 0.0594. The number of carbonyl (C=O) groups excluding carboxylic acids is 1. The van der Waals surface area contributed by atoms with Gasteiger partial charge in [-0.3, -0.25) is 4.79 Å². The van der Waals surface area contributed by atoms with Crippen molar-refractivity contribution in [2.75, 3.05) is 5.32 Å². The summed E-state index contributed by atoms with van der Waals surface area (Å²) in [5.41, 5.74) is 2.37. The Hall–Kier alpha value is -2.37. The number of halogens is 2. The molecule has 1 N–H and O–H groups in total. The van der Waals surface area contributed by atoms with Crippen LogP contribution in [0.1, 0.15) is 22.0 Å². The second kappa shape index (κ2) is 6.63. The van der Waals surface area contributed by atoms with Gasteiger partial charge in [0, 0.05) is 10.7 Å². The van der Waals surface area contributed by atoms with E-state index in [9.17, 15) is 4.79 Å². The maximum atomic E-state index is 12.3. The Labute approximate surface area is 149 Å². The van der Waals surface area contributed by atoms with Crippen molar-refractivity contribution in [2.24, 2.45) is 0 Å². The van der Waals surface area contributed by atoms with Crippen LogP contribution in [0.25, 0.3) is 5.69 Å². The summed E-state index contributed by atoms with van der Waals surface area (Å²) in [5, 5.41) is 8.01. The van der Waals surface area contributed by atoms with Gasteiger partial charge >= 0.3 is 0 Å². The van der Waals surface area contributed by atoms with E-state index in [1.807, 2.05) is 31.2 Å². The van der Waals surface area contributed by atoms with E-state index in [-0.39, 0.29) is 11.7 Å². The van der Waals surface area contributed by atoms with Crippen LogP contribution >= 0.6 is 23.2 Å². The summed E-state index contributed by atoms with van der Waals surface area (Å²) >= 11 is 12.2. The number of nitrogens with zero attached hydrogens (tertiary/aromatic N) is 3. The second-order valence-corrected chi connectivity index (χ2v) is 6.15. The summed E-state index contributed by atoms with van der Waals surface area (Å²) in [6.07, 6.45) is 0. The molecule has 5 nitrogen and oxygen atoms in total. The second-order valence-electron chi connectivity index (χ2n) is 5.31. The molecule has 0 saturated carbocycles. The summed E-state index contributed by atoms with van der Waals surface area (Å²) in [4.78, 5) is 16.5. The molecule has 0 aliphatic heterocycles. The summed E-state index contributed by atoms with van der Waals surface area (Å²) in [6, 6.07) is 12.5. The Balaban J connectivity index is 1.89. The lowest BCUT2D eigenvalue weighted by Crippen LogP contribution is -2.14. The topological polar surface area (TPSA) is 59.8 Å².